The van der Waals surface area contributed by atoms with Gasteiger partial charge < -0.3 is 10.6 Å². The first-order valence-electron chi connectivity index (χ1n) is 8.95. The number of nitrogens with one attached hydrogen (secondary N) is 2. The van der Waals surface area contributed by atoms with E-state index in [9.17, 15) is 4.79 Å². The van der Waals surface area contributed by atoms with Gasteiger partial charge in [-0.25, -0.2) is 9.97 Å². The van der Waals surface area contributed by atoms with Gasteiger partial charge in [-0.3, -0.25) is 15.6 Å². The molecular formula is C19H27BrN6O. The molecule has 1 heterocycles. The average molecular weight is 435 g/mol. The average Bonchev–Trinajstić information content (AvgIpc) is 2.59. The van der Waals surface area contributed by atoms with E-state index in [1.807, 2.05) is 12.1 Å². The minimum atomic E-state index is -0.289. The number of aromatic nitrogens is 2. The van der Waals surface area contributed by atoms with Crippen molar-refractivity contribution in [1.29, 1.82) is 0 Å². The summed E-state index contributed by atoms with van der Waals surface area (Å²) in [7, 11) is 0. The van der Waals surface area contributed by atoms with Gasteiger partial charge in [-0.2, -0.15) is 0 Å². The molecule has 146 valence electrons. The number of nitrogen functional groups attached to an aromatic ring is 1. The van der Waals surface area contributed by atoms with Crippen molar-refractivity contribution in [2.75, 3.05) is 29.1 Å². The van der Waals surface area contributed by atoms with Crippen LogP contribution in [0.4, 0.5) is 17.3 Å². The number of nitrogens with two attached hydrogens (primary N) is 1. The number of hydrazine groups is 1. The fourth-order valence-electron chi connectivity index (χ4n) is 2.70. The Morgan fingerprint density at radius 1 is 1.15 bits per heavy atom. The molecule has 7 nitrogen and oxygen atoms in total. The van der Waals surface area contributed by atoms with Gasteiger partial charge in [0, 0.05) is 17.6 Å². The zero-order valence-electron chi connectivity index (χ0n) is 16.2. The number of halogens is 1. The minimum absolute atomic E-state index is 0.289. The molecule has 0 spiro atoms. The molecule has 0 radical (unpaired) electrons. The van der Waals surface area contributed by atoms with Gasteiger partial charge in [-0.05, 0) is 39.9 Å². The molecule has 0 aliphatic heterocycles. The van der Waals surface area contributed by atoms with Gasteiger partial charge in [0.2, 0.25) is 0 Å². The summed E-state index contributed by atoms with van der Waals surface area (Å²) in [4.78, 5) is 23.1. The van der Waals surface area contributed by atoms with Crippen molar-refractivity contribution in [3.63, 3.8) is 0 Å². The Balaban J connectivity index is 2.18. The molecule has 0 aliphatic rings. The van der Waals surface area contributed by atoms with E-state index in [2.05, 4.69) is 69.3 Å². The second kappa shape index (κ2) is 9.55. The van der Waals surface area contributed by atoms with Crippen molar-refractivity contribution in [3.8, 4) is 0 Å². The van der Waals surface area contributed by atoms with Crippen molar-refractivity contribution >= 4 is 39.2 Å². The summed E-state index contributed by atoms with van der Waals surface area (Å²) in [6, 6.07) is 7.18. The predicted octanol–water partition coefficient (Wildman–Crippen LogP) is 3.70. The van der Waals surface area contributed by atoms with Crippen LogP contribution in [0.1, 0.15) is 38.1 Å². The number of carbonyl (C=O) groups is 1. The summed E-state index contributed by atoms with van der Waals surface area (Å²) in [6.07, 6.45) is 1.45. The minimum Gasteiger partial charge on any atom is -0.393 e. The second-order valence-electron chi connectivity index (χ2n) is 7.21. The topological polar surface area (TPSA) is 96.2 Å². The summed E-state index contributed by atoms with van der Waals surface area (Å²) in [6.45, 7) is 10.3. The highest BCUT2D eigenvalue weighted by molar-refractivity contribution is 9.10. The molecule has 0 aliphatic carbocycles. The van der Waals surface area contributed by atoms with Crippen LogP contribution in [0.15, 0.2) is 35.1 Å². The van der Waals surface area contributed by atoms with Crippen LogP contribution in [-0.2, 0) is 0 Å². The summed E-state index contributed by atoms with van der Waals surface area (Å²) in [5.74, 6) is 1.68. The van der Waals surface area contributed by atoms with Gasteiger partial charge in [0.05, 0.1) is 5.56 Å². The zero-order valence-corrected chi connectivity index (χ0v) is 17.7. The third kappa shape index (κ3) is 5.82. The van der Waals surface area contributed by atoms with E-state index in [0.29, 0.717) is 39.2 Å². The number of hydrogen-bond acceptors (Lipinski definition) is 6. The van der Waals surface area contributed by atoms with Crippen LogP contribution in [-0.4, -0.2) is 29.0 Å². The Bertz CT molecular complexity index is 771. The zero-order chi connectivity index (χ0) is 20.0. The monoisotopic (exact) mass is 434 g/mol. The molecule has 27 heavy (non-hydrogen) atoms. The molecule has 0 saturated heterocycles. The van der Waals surface area contributed by atoms with Crippen LogP contribution in [0, 0.1) is 11.8 Å². The van der Waals surface area contributed by atoms with Crippen LogP contribution < -0.4 is 21.5 Å². The van der Waals surface area contributed by atoms with Gasteiger partial charge in [0.15, 0.2) is 11.6 Å². The molecule has 0 atom stereocenters. The Morgan fingerprint density at radius 2 is 1.78 bits per heavy atom. The Hall–Kier alpha value is -2.35. The Kier molecular flexibility index (Phi) is 7.41. The van der Waals surface area contributed by atoms with Gasteiger partial charge in [0.25, 0.3) is 5.91 Å². The predicted molar refractivity (Wildman–Crippen MR) is 114 cm³/mol. The van der Waals surface area contributed by atoms with E-state index in [4.69, 9.17) is 5.73 Å². The second-order valence-corrected chi connectivity index (χ2v) is 8.07. The summed E-state index contributed by atoms with van der Waals surface area (Å²) in [5, 5.41) is 0. The van der Waals surface area contributed by atoms with Crippen LogP contribution in [0.25, 0.3) is 0 Å². The maximum atomic E-state index is 12.4. The Morgan fingerprint density at radius 3 is 2.37 bits per heavy atom. The van der Waals surface area contributed by atoms with Crippen molar-refractivity contribution in [2.45, 2.75) is 27.7 Å². The lowest BCUT2D eigenvalue weighted by Gasteiger charge is -2.28. The van der Waals surface area contributed by atoms with Crippen LogP contribution in [0.5, 0.6) is 0 Å². The number of rotatable bonds is 8. The largest absolute Gasteiger partial charge is 0.393 e. The van der Waals surface area contributed by atoms with E-state index in [1.54, 1.807) is 12.1 Å². The Labute approximate surface area is 168 Å². The van der Waals surface area contributed by atoms with Crippen LogP contribution in [0.3, 0.4) is 0 Å². The summed E-state index contributed by atoms with van der Waals surface area (Å²) >= 11 is 3.37. The standard InChI is InChI=1S/C19H27BrN6O/c1-12(2)9-26(10-13(3)4)18-16(21)17(22-11-23-18)24-25-19(27)14-7-5-6-8-15(14)20/h5-8,11-13H,9-10,21H2,1-4H3,(H,25,27)(H,22,23,24). The normalized spacial score (nSPS) is 10.9. The molecule has 2 rings (SSSR count). The summed E-state index contributed by atoms with van der Waals surface area (Å²) < 4.78 is 0.709. The maximum absolute atomic E-state index is 12.4. The summed E-state index contributed by atoms with van der Waals surface area (Å²) in [5.41, 5.74) is 12.7. The van der Waals surface area contributed by atoms with Crippen LogP contribution in [0.2, 0.25) is 0 Å². The SMILES string of the molecule is CC(C)CN(CC(C)C)c1ncnc(NNC(=O)c2ccccc2Br)c1N. The fourth-order valence-corrected chi connectivity index (χ4v) is 3.16. The van der Waals surface area contributed by atoms with Crippen molar-refractivity contribution < 1.29 is 4.79 Å². The smallest absolute Gasteiger partial charge is 0.270 e. The number of amides is 1. The first-order valence-corrected chi connectivity index (χ1v) is 9.75. The quantitative estimate of drug-likeness (QED) is 0.548. The van der Waals surface area contributed by atoms with Gasteiger partial charge in [0.1, 0.15) is 12.0 Å². The maximum Gasteiger partial charge on any atom is 0.270 e. The lowest BCUT2D eigenvalue weighted by Crippen LogP contribution is -2.34. The molecular weight excluding hydrogens is 408 g/mol. The van der Waals surface area contributed by atoms with E-state index in [0.717, 1.165) is 13.1 Å². The number of nitrogens with zero attached hydrogens (tertiary/aromatic N) is 3. The van der Waals surface area contributed by atoms with E-state index in [-0.39, 0.29) is 5.91 Å². The highest BCUT2D eigenvalue weighted by Gasteiger charge is 2.18. The highest BCUT2D eigenvalue weighted by Crippen LogP contribution is 2.27. The van der Waals surface area contributed by atoms with E-state index >= 15 is 0 Å². The number of carbonyl (C=O) groups excluding carboxylic acids is 1. The molecule has 0 bridgehead atoms. The molecule has 8 heteroatoms. The molecule has 4 N–H and O–H groups in total. The third-order valence-corrected chi connectivity index (χ3v) is 4.44. The molecule has 1 amide bonds. The first kappa shape index (κ1) is 21.0. The third-order valence-electron chi connectivity index (χ3n) is 3.75. The lowest BCUT2D eigenvalue weighted by molar-refractivity contribution is 0.0961. The molecule has 0 unspecified atom stereocenters. The molecule has 0 fully saturated rings. The van der Waals surface area contributed by atoms with Crippen molar-refractivity contribution in [2.24, 2.45) is 11.8 Å². The number of anilines is 3. The van der Waals surface area contributed by atoms with Gasteiger partial charge in [-0.1, -0.05) is 39.8 Å². The lowest BCUT2D eigenvalue weighted by atomic mass is 10.1. The van der Waals surface area contributed by atoms with Crippen LogP contribution >= 0.6 is 15.9 Å². The number of benzene rings is 1. The molecule has 1 aromatic heterocycles. The first-order chi connectivity index (χ1) is 12.8. The molecule has 0 saturated carbocycles. The molecule has 2 aromatic rings. The van der Waals surface area contributed by atoms with E-state index < -0.39 is 0 Å². The van der Waals surface area contributed by atoms with Gasteiger partial charge in [-0.15, -0.1) is 0 Å². The van der Waals surface area contributed by atoms with Crippen molar-refractivity contribution in [1.82, 2.24) is 15.4 Å². The highest BCUT2D eigenvalue weighted by atomic mass is 79.9. The fraction of sp³-hybridized carbons (Fsp3) is 0.421. The van der Waals surface area contributed by atoms with E-state index in [1.165, 1.54) is 6.33 Å². The molecule has 1 aromatic carbocycles. The van der Waals surface area contributed by atoms with Crippen molar-refractivity contribution in [3.05, 3.63) is 40.6 Å². The number of hydrogen-bond donors (Lipinski definition) is 3. The van der Waals surface area contributed by atoms with Gasteiger partial charge >= 0.3 is 0 Å².